The van der Waals surface area contributed by atoms with Crippen molar-refractivity contribution in [2.24, 2.45) is 0 Å². The third-order valence-corrected chi connectivity index (χ3v) is 2.80. The van der Waals surface area contributed by atoms with E-state index in [4.69, 9.17) is 0 Å². The quantitative estimate of drug-likeness (QED) is 0.541. The molecule has 0 unspecified atom stereocenters. The van der Waals surface area contributed by atoms with Crippen LogP contribution in [0.5, 0.6) is 0 Å². The number of H-pyrrole nitrogens is 1. The van der Waals surface area contributed by atoms with Crippen molar-refractivity contribution in [3.8, 4) is 0 Å². The molecule has 13 heavy (non-hydrogen) atoms. The minimum absolute atomic E-state index is 0.0771. The van der Waals surface area contributed by atoms with E-state index >= 15 is 0 Å². The molecule has 1 aromatic rings. The van der Waals surface area contributed by atoms with Gasteiger partial charge in [0.25, 0.3) is 0 Å². The second-order valence-electron chi connectivity index (χ2n) is 2.88. The summed E-state index contributed by atoms with van der Waals surface area (Å²) in [5, 5.41) is 11.3. The highest BCUT2D eigenvalue weighted by atomic mass is 32.2. The summed E-state index contributed by atoms with van der Waals surface area (Å²) in [4.78, 5) is 6.97. The van der Waals surface area contributed by atoms with Crippen LogP contribution in [0.1, 0.15) is 25.7 Å². The lowest BCUT2D eigenvalue weighted by molar-refractivity contribution is 0.186. The lowest BCUT2D eigenvalue weighted by atomic mass is 10.2. The van der Waals surface area contributed by atoms with Gasteiger partial charge < -0.3 is 4.98 Å². The third-order valence-electron chi connectivity index (χ3n) is 1.77. The number of rotatable bonds is 7. The van der Waals surface area contributed by atoms with Gasteiger partial charge >= 0.3 is 0 Å². The Morgan fingerprint density at radius 1 is 1.31 bits per heavy atom. The Kier molecular flexibility index (Phi) is 5.69. The molecule has 0 amide bonds. The number of aromatic amines is 1. The topological polar surface area (TPSA) is 48.6 Å². The van der Waals surface area contributed by atoms with Crippen LogP contribution >= 0.6 is 11.8 Å². The standard InChI is InChI=1S/C9H15N2OS/c12-5-3-1-2-4-6-13-9-7-10-8-11-9/h7-8H,1-6H2,(H,10,11). The van der Waals surface area contributed by atoms with Gasteiger partial charge in [-0.15, -0.1) is 11.8 Å². The molecular weight excluding hydrogens is 184 g/mol. The highest BCUT2D eigenvalue weighted by Gasteiger charge is 1.94. The van der Waals surface area contributed by atoms with Gasteiger partial charge in [0, 0.05) is 0 Å². The molecule has 0 aromatic carbocycles. The largest absolute Gasteiger partial charge is 0.340 e. The van der Waals surface area contributed by atoms with Crippen LogP contribution < -0.4 is 0 Å². The van der Waals surface area contributed by atoms with E-state index < -0.39 is 0 Å². The normalized spacial score (nSPS) is 10.5. The Hall–Kier alpha value is -0.480. The average Bonchev–Trinajstić information content (AvgIpc) is 2.63. The first-order valence-electron chi connectivity index (χ1n) is 4.63. The summed E-state index contributed by atoms with van der Waals surface area (Å²) in [6.45, 7) is 0.0771. The van der Waals surface area contributed by atoms with Gasteiger partial charge in [0.15, 0.2) is 0 Å². The van der Waals surface area contributed by atoms with E-state index in [2.05, 4.69) is 9.97 Å². The van der Waals surface area contributed by atoms with Crippen molar-refractivity contribution in [2.45, 2.75) is 30.7 Å². The van der Waals surface area contributed by atoms with Crippen molar-refractivity contribution in [1.82, 2.24) is 9.97 Å². The monoisotopic (exact) mass is 199 g/mol. The molecule has 0 aliphatic rings. The summed E-state index contributed by atoms with van der Waals surface area (Å²) in [7, 11) is 0. The van der Waals surface area contributed by atoms with Crippen LogP contribution in [0.4, 0.5) is 0 Å². The zero-order chi connectivity index (χ0) is 9.36. The van der Waals surface area contributed by atoms with Gasteiger partial charge in [-0.1, -0.05) is 12.8 Å². The molecule has 1 N–H and O–H groups in total. The Labute approximate surface area is 83.0 Å². The zero-order valence-electron chi connectivity index (χ0n) is 7.66. The van der Waals surface area contributed by atoms with Crippen molar-refractivity contribution in [1.29, 1.82) is 0 Å². The second kappa shape index (κ2) is 6.97. The van der Waals surface area contributed by atoms with Crippen molar-refractivity contribution < 1.29 is 5.11 Å². The Morgan fingerprint density at radius 3 is 2.85 bits per heavy atom. The Morgan fingerprint density at radius 2 is 2.15 bits per heavy atom. The van der Waals surface area contributed by atoms with Gasteiger partial charge in [0.1, 0.15) is 0 Å². The molecule has 0 fully saturated rings. The zero-order valence-corrected chi connectivity index (χ0v) is 8.48. The molecule has 73 valence electrons. The molecule has 1 rings (SSSR count). The molecule has 4 heteroatoms. The van der Waals surface area contributed by atoms with E-state index in [9.17, 15) is 5.11 Å². The summed E-state index contributed by atoms with van der Waals surface area (Å²) in [5.41, 5.74) is 0. The maximum Gasteiger partial charge on any atom is 0.0928 e. The first-order chi connectivity index (χ1) is 6.43. The van der Waals surface area contributed by atoms with Gasteiger partial charge in [-0.3, -0.25) is 0 Å². The van der Waals surface area contributed by atoms with E-state index in [1.807, 2.05) is 6.20 Å². The van der Waals surface area contributed by atoms with Gasteiger partial charge in [-0.2, -0.15) is 0 Å². The number of hydrogen-bond acceptors (Lipinski definition) is 2. The summed E-state index contributed by atoms with van der Waals surface area (Å²) < 4.78 is 0. The summed E-state index contributed by atoms with van der Waals surface area (Å²) in [5.74, 6) is 1.11. The molecule has 0 atom stereocenters. The minimum atomic E-state index is 0.0771. The maximum atomic E-state index is 10.1. The van der Waals surface area contributed by atoms with Crippen molar-refractivity contribution in [3.63, 3.8) is 0 Å². The predicted molar refractivity (Wildman–Crippen MR) is 53.3 cm³/mol. The van der Waals surface area contributed by atoms with Gasteiger partial charge in [-0.25, -0.2) is 10.1 Å². The van der Waals surface area contributed by atoms with E-state index in [-0.39, 0.29) is 6.61 Å². The highest BCUT2D eigenvalue weighted by molar-refractivity contribution is 7.99. The molecule has 1 heterocycles. The van der Waals surface area contributed by atoms with E-state index in [1.54, 1.807) is 18.1 Å². The van der Waals surface area contributed by atoms with Crippen LogP contribution in [0.3, 0.4) is 0 Å². The predicted octanol–water partition coefficient (Wildman–Crippen LogP) is 2.49. The smallest absolute Gasteiger partial charge is 0.0928 e. The van der Waals surface area contributed by atoms with Gasteiger partial charge in [0.05, 0.1) is 24.2 Å². The fraction of sp³-hybridized carbons (Fsp3) is 0.667. The van der Waals surface area contributed by atoms with Crippen LogP contribution in [0.25, 0.3) is 0 Å². The number of thioether (sulfide) groups is 1. The average molecular weight is 199 g/mol. The molecule has 0 bridgehead atoms. The summed E-state index contributed by atoms with van der Waals surface area (Å²) >= 11 is 1.79. The number of nitrogens with zero attached hydrogens (tertiary/aromatic N) is 1. The molecule has 0 aliphatic carbocycles. The lowest BCUT2D eigenvalue weighted by Crippen LogP contribution is -1.84. The maximum absolute atomic E-state index is 10.1. The number of hydrogen-bond donors (Lipinski definition) is 1. The first kappa shape index (κ1) is 10.6. The molecule has 1 radical (unpaired) electrons. The minimum Gasteiger partial charge on any atom is -0.340 e. The molecular formula is C9H15N2OS. The Bertz CT molecular complexity index is 201. The van der Waals surface area contributed by atoms with Crippen LogP contribution in [-0.4, -0.2) is 22.3 Å². The summed E-state index contributed by atoms with van der Waals surface area (Å²) in [6, 6.07) is 0. The SMILES string of the molecule is [O]CCCCCCSc1cnc[nH]1. The molecule has 0 aliphatic heterocycles. The van der Waals surface area contributed by atoms with E-state index in [1.165, 1.54) is 12.8 Å². The molecule has 0 spiro atoms. The van der Waals surface area contributed by atoms with E-state index in [0.717, 1.165) is 23.6 Å². The van der Waals surface area contributed by atoms with Crippen LogP contribution in [-0.2, 0) is 5.11 Å². The highest BCUT2D eigenvalue weighted by Crippen LogP contribution is 2.15. The Balaban J connectivity index is 1.90. The van der Waals surface area contributed by atoms with Gasteiger partial charge in [-0.05, 0) is 18.6 Å². The van der Waals surface area contributed by atoms with E-state index in [0.29, 0.717) is 0 Å². The van der Waals surface area contributed by atoms with Gasteiger partial charge in [0.2, 0.25) is 0 Å². The first-order valence-corrected chi connectivity index (χ1v) is 5.61. The van der Waals surface area contributed by atoms with Crippen molar-refractivity contribution in [3.05, 3.63) is 12.5 Å². The fourth-order valence-electron chi connectivity index (χ4n) is 1.06. The molecule has 0 saturated carbocycles. The summed E-state index contributed by atoms with van der Waals surface area (Å²) in [6.07, 6.45) is 7.79. The van der Waals surface area contributed by atoms with Crippen LogP contribution in [0.2, 0.25) is 0 Å². The number of nitrogens with one attached hydrogen (secondary N) is 1. The number of imidazole rings is 1. The van der Waals surface area contributed by atoms with Crippen LogP contribution in [0, 0.1) is 0 Å². The fourth-order valence-corrected chi connectivity index (χ4v) is 1.90. The molecule has 1 aromatic heterocycles. The molecule has 0 saturated heterocycles. The second-order valence-corrected chi connectivity index (χ2v) is 4.02. The van der Waals surface area contributed by atoms with Crippen molar-refractivity contribution in [2.75, 3.05) is 12.4 Å². The van der Waals surface area contributed by atoms with Crippen molar-refractivity contribution >= 4 is 11.8 Å². The lowest BCUT2D eigenvalue weighted by Gasteiger charge is -1.98. The number of unbranched alkanes of at least 4 members (excludes halogenated alkanes) is 3. The number of aromatic nitrogens is 2. The molecule has 3 nitrogen and oxygen atoms in total. The third kappa shape index (κ3) is 4.95. The van der Waals surface area contributed by atoms with Crippen LogP contribution in [0.15, 0.2) is 17.6 Å².